The molecule has 3 rings (SSSR count). The summed E-state index contributed by atoms with van der Waals surface area (Å²) in [7, 11) is 1.62. The van der Waals surface area contributed by atoms with Crippen molar-refractivity contribution in [3.8, 4) is 5.75 Å². The Morgan fingerprint density at radius 1 is 1.32 bits per heavy atom. The molecule has 102 valence electrons. The summed E-state index contributed by atoms with van der Waals surface area (Å²) in [6.45, 7) is 0.730. The van der Waals surface area contributed by atoms with Gasteiger partial charge in [-0.15, -0.1) is 0 Å². The number of alkyl halides is 2. The summed E-state index contributed by atoms with van der Waals surface area (Å²) < 4.78 is 32.5. The molecule has 0 spiro atoms. The van der Waals surface area contributed by atoms with E-state index < -0.39 is 5.92 Å². The lowest BCUT2D eigenvalue weighted by Crippen LogP contribution is -2.39. The van der Waals surface area contributed by atoms with E-state index in [-0.39, 0.29) is 12.8 Å². The average Bonchev–Trinajstić information content (AvgIpc) is 2.81. The predicted octanol–water partition coefficient (Wildman–Crippen LogP) is 3.54. The van der Waals surface area contributed by atoms with Crippen molar-refractivity contribution >= 4 is 26.7 Å². The summed E-state index contributed by atoms with van der Waals surface area (Å²) in [6.07, 6.45) is -0.182. The molecular weight excluding hydrogens is 270 g/mol. The lowest BCUT2D eigenvalue weighted by atomic mass is 10.1. The maximum Gasteiger partial charge on any atom is 0.251 e. The van der Waals surface area contributed by atoms with Crippen molar-refractivity contribution in [2.45, 2.75) is 18.8 Å². The molecule has 1 aliphatic rings. The van der Waals surface area contributed by atoms with Crippen LogP contribution in [0.1, 0.15) is 12.8 Å². The molecule has 0 N–H and O–H groups in total. The maximum absolute atomic E-state index is 13.1. The highest BCUT2D eigenvalue weighted by atomic mass is 32.1. The number of halogens is 2. The summed E-state index contributed by atoms with van der Waals surface area (Å²) in [5.41, 5.74) is 0.887. The van der Waals surface area contributed by atoms with E-state index in [4.69, 9.17) is 4.74 Å². The Balaban J connectivity index is 1.85. The van der Waals surface area contributed by atoms with E-state index in [1.54, 1.807) is 7.11 Å². The van der Waals surface area contributed by atoms with E-state index >= 15 is 0 Å². The number of benzene rings is 1. The van der Waals surface area contributed by atoms with Gasteiger partial charge in [-0.25, -0.2) is 13.8 Å². The van der Waals surface area contributed by atoms with Crippen LogP contribution >= 0.6 is 11.3 Å². The molecule has 1 saturated heterocycles. The van der Waals surface area contributed by atoms with Gasteiger partial charge < -0.3 is 9.64 Å². The number of methoxy groups -OCH3 is 1. The molecule has 0 bridgehead atoms. The van der Waals surface area contributed by atoms with Gasteiger partial charge in [0, 0.05) is 25.9 Å². The van der Waals surface area contributed by atoms with Gasteiger partial charge in [0.05, 0.1) is 17.3 Å². The zero-order chi connectivity index (χ0) is 13.5. The van der Waals surface area contributed by atoms with E-state index in [0.717, 1.165) is 21.1 Å². The third-order valence-corrected chi connectivity index (χ3v) is 4.43. The van der Waals surface area contributed by atoms with Gasteiger partial charge in [-0.1, -0.05) is 11.3 Å². The van der Waals surface area contributed by atoms with E-state index in [0.29, 0.717) is 13.1 Å². The highest BCUT2D eigenvalue weighted by Gasteiger charge is 2.34. The molecule has 0 atom stereocenters. The highest BCUT2D eigenvalue weighted by Crippen LogP contribution is 2.35. The fourth-order valence-corrected chi connectivity index (χ4v) is 3.23. The van der Waals surface area contributed by atoms with Gasteiger partial charge in [-0.2, -0.15) is 0 Å². The number of hydrogen-bond acceptors (Lipinski definition) is 4. The van der Waals surface area contributed by atoms with E-state index in [1.807, 2.05) is 23.1 Å². The molecule has 0 amide bonds. The minimum absolute atomic E-state index is 0.0910. The van der Waals surface area contributed by atoms with Crippen LogP contribution in [-0.2, 0) is 0 Å². The first-order chi connectivity index (χ1) is 9.07. The highest BCUT2D eigenvalue weighted by molar-refractivity contribution is 7.22. The number of fused-ring (bicyclic) bond motifs is 1. The lowest BCUT2D eigenvalue weighted by Gasteiger charge is -2.31. The van der Waals surface area contributed by atoms with Gasteiger partial charge in [0.15, 0.2) is 5.13 Å². The standard InChI is InChI=1S/C13H14F2N2OS/c1-18-9-2-3-10-11(8-9)19-12(16-10)17-6-4-13(14,15)5-7-17/h2-3,8H,4-7H2,1H3. The van der Waals surface area contributed by atoms with Crippen LogP contribution in [0, 0.1) is 0 Å². The van der Waals surface area contributed by atoms with E-state index in [2.05, 4.69) is 4.98 Å². The molecule has 6 heteroatoms. The quantitative estimate of drug-likeness (QED) is 0.843. The summed E-state index contributed by atoms with van der Waals surface area (Å²) in [4.78, 5) is 6.44. The SMILES string of the molecule is COc1ccc2nc(N3CCC(F)(F)CC3)sc2c1. The van der Waals surface area contributed by atoms with Gasteiger partial charge >= 0.3 is 0 Å². The van der Waals surface area contributed by atoms with Gasteiger partial charge in [0.1, 0.15) is 5.75 Å². The summed E-state index contributed by atoms with van der Waals surface area (Å²) in [5.74, 6) is -1.73. The second-order valence-electron chi connectivity index (χ2n) is 4.67. The fourth-order valence-electron chi connectivity index (χ4n) is 2.18. The van der Waals surface area contributed by atoms with Crippen LogP contribution in [0.4, 0.5) is 13.9 Å². The number of piperidine rings is 1. The Morgan fingerprint density at radius 3 is 2.74 bits per heavy atom. The molecule has 0 saturated carbocycles. The number of thiazole rings is 1. The van der Waals surface area contributed by atoms with Crippen LogP contribution in [0.5, 0.6) is 5.75 Å². The van der Waals surface area contributed by atoms with E-state index in [1.165, 1.54) is 11.3 Å². The van der Waals surface area contributed by atoms with Crippen molar-refractivity contribution in [1.82, 2.24) is 4.98 Å². The Labute approximate surface area is 113 Å². The number of rotatable bonds is 2. The predicted molar refractivity (Wildman–Crippen MR) is 72.6 cm³/mol. The van der Waals surface area contributed by atoms with Crippen LogP contribution < -0.4 is 9.64 Å². The number of ether oxygens (including phenoxy) is 1. The van der Waals surface area contributed by atoms with Crippen LogP contribution in [-0.4, -0.2) is 31.1 Å². The molecule has 2 aromatic rings. The fraction of sp³-hybridized carbons (Fsp3) is 0.462. The van der Waals surface area contributed by atoms with Gasteiger partial charge in [0.25, 0.3) is 5.92 Å². The number of nitrogens with zero attached hydrogens (tertiary/aromatic N) is 2. The van der Waals surface area contributed by atoms with Crippen molar-refractivity contribution in [2.24, 2.45) is 0 Å². The topological polar surface area (TPSA) is 25.4 Å². The first kappa shape index (κ1) is 12.6. The molecule has 1 fully saturated rings. The van der Waals surface area contributed by atoms with Crippen molar-refractivity contribution < 1.29 is 13.5 Å². The number of hydrogen-bond donors (Lipinski definition) is 0. The Bertz CT molecular complexity index is 589. The van der Waals surface area contributed by atoms with Crippen LogP contribution in [0.3, 0.4) is 0 Å². The Hall–Kier alpha value is -1.43. The second kappa shape index (κ2) is 4.59. The van der Waals surface area contributed by atoms with E-state index in [9.17, 15) is 8.78 Å². The normalized spacial score (nSPS) is 18.8. The summed E-state index contributed by atoms with van der Waals surface area (Å²) in [6, 6.07) is 5.68. The molecule has 3 nitrogen and oxygen atoms in total. The summed E-state index contributed by atoms with van der Waals surface area (Å²) in [5, 5.41) is 0.818. The molecular formula is C13H14F2N2OS. The van der Waals surface area contributed by atoms with Crippen LogP contribution in [0.15, 0.2) is 18.2 Å². The Kier molecular flexibility index (Phi) is 3.05. The van der Waals surface area contributed by atoms with Gasteiger partial charge in [-0.05, 0) is 18.2 Å². The van der Waals surface area contributed by atoms with Crippen molar-refractivity contribution in [3.05, 3.63) is 18.2 Å². The van der Waals surface area contributed by atoms with Crippen LogP contribution in [0.25, 0.3) is 10.2 Å². The van der Waals surface area contributed by atoms with Crippen molar-refractivity contribution in [2.75, 3.05) is 25.1 Å². The smallest absolute Gasteiger partial charge is 0.251 e. The molecule has 0 aliphatic carbocycles. The lowest BCUT2D eigenvalue weighted by molar-refractivity contribution is -0.0220. The third kappa shape index (κ3) is 2.49. The van der Waals surface area contributed by atoms with Gasteiger partial charge in [0.2, 0.25) is 0 Å². The number of anilines is 1. The maximum atomic E-state index is 13.1. The van der Waals surface area contributed by atoms with Crippen molar-refractivity contribution in [1.29, 1.82) is 0 Å². The number of aromatic nitrogens is 1. The molecule has 0 radical (unpaired) electrons. The largest absolute Gasteiger partial charge is 0.497 e. The minimum Gasteiger partial charge on any atom is -0.497 e. The molecule has 1 aromatic heterocycles. The second-order valence-corrected chi connectivity index (χ2v) is 5.68. The van der Waals surface area contributed by atoms with Crippen LogP contribution in [0.2, 0.25) is 0 Å². The molecule has 1 aliphatic heterocycles. The van der Waals surface area contributed by atoms with Crippen molar-refractivity contribution in [3.63, 3.8) is 0 Å². The average molecular weight is 284 g/mol. The third-order valence-electron chi connectivity index (χ3n) is 3.35. The zero-order valence-electron chi connectivity index (χ0n) is 10.5. The first-order valence-corrected chi connectivity index (χ1v) is 6.96. The minimum atomic E-state index is -2.52. The van der Waals surface area contributed by atoms with Gasteiger partial charge in [-0.3, -0.25) is 0 Å². The molecule has 2 heterocycles. The first-order valence-electron chi connectivity index (χ1n) is 6.15. The monoisotopic (exact) mass is 284 g/mol. The molecule has 19 heavy (non-hydrogen) atoms. The zero-order valence-corrected chi connectivity index (χ0v) is 11.3. The summed E-state index contributed by atoms with van der Waals surface area (Å²) >= 11 is 1.52. The molecule has 0 unspecified atom stereocenters. The molecule has 1 aromatic carbocycles. The Morgan fingerprint density at radius 2 is 2.05 bits per heavy atom.